The number of anilines is 1. The Morgan fingerprint density at radius 1 is 1.21 bits per heavy atom. The molecule has 1 aromatic carbocycles. The minimum Gasteiger partial charge on any atom is -0.351 e. The third kappa shape index (κ3) is 2.33. The Morgan fingerprint density at radius 2 is 2.11 bits per heavy atom. The first-order valence-corrected chi connectivity index (χ1v) is 6.04. The number of aromatic nitrogens is 2. The van der Waals surface area contributed by atoms with Crippen LogP contribution in [0.25, 0.3) is 10.9 Å². The maximum Gasteiger partial charge on any atom is 0.273 e. The first-order chi connectivity index (χ1) is 9.22. The summed E-state index contributed by atoms with van der Waals surface area (Å²) in [5, 5.41) is 3.78. The summed E-state index contributed by atoms with van der Waals surface area (Å²) in [6, 6.07) is 13.3. The highest BCUT2D eigenvalue weighted by Gasteiger charge is 2.10. The van der Waals surface area contributed by atoms with Crippen molar-refractivity contribution in [2.75, 3.05) is 5.32 Å². The van der Waals surface area contributed by atoms with E-state index in [1.54, 1.807) is 18.3 Å². The van der Waals surface area contributed by atoms with Gasteiger partial charge in [0.15, 0.2) is 0 Å². The summed E-state index contributed by atoms with van der Waals surface area (Å²) in [5.41, 5.74) is 2.66. The molecule has 4 heteroatoms. The Hall–Kier alpha value is -2.62. The number of aromatic amines is 1. The number of nitrogens with zero attached hydrogens (tertiary/aromatic N) is 1. The van der Waals surface area contributed by atoms with E-state index in [9.17, 15) is 4.79 Å². The zero-order chi connectivity index (χ0) is 13.2. The van der Waals surface area contributed by atoms with Crippen LogP contribution in [0.15, 0.2) is 48.7 Å². The summed E-state index contributed by atoms with van der Waals surface area (Å²) in [6.45, 7) is 2.02. The number of amides is 1. The lowest BCUT2D eigenvalue weighted by Gasteiger charge is -2.01. The van der Waals surface area contributed by atoms with Crippen LogP contribution >= 0.6 is 0 Å². The molecule has 0 spiro atoms. The number of rotatable bonds is 2. The zero-order valence-electron chi connectivity index (χ0n) is 10.5. The molecule has 0 aliphatic rings. The van der Waals surface area contributed by atoms with E-state index in [1.807, 2.05) is 37.3 Å². The molecule has 0 saturated heterocycles. The number of pyridine rings is 1. The lowest BCUT2D eigenvalue weighted by atomic mass is 10.2. The lowest BCUT2D eigenvalue weighted by molar-refractivity contribution is 0.102. The van der Waals surface area contributed by atoms with Gasteiger partial charge in [-0.15, -0.1) is 0 Å². The van der Waals surface area contributed by atoms with Crippen LogP contribution in [0.3, 0.4) is 0 Å². The van der Waals surface area contributed by atoms with Gasteiger partial charge in [-0.25, -0.2) is 4.98 Å². The molecule has 3 aromatic rings. The second-order valence-corrected chi connectivity index (χ2v) is 4.44. The molecule has 19 heavy (non-hydrogen) atoms. The molecule has 2 aromatic heterocycles. The van der Waals surface area contributed by atoms with E-state index in [2.05, 4.69) is 15.3 Å². The molecule has 0 saturated carbocycles. The van der Waals surface area contributed by atoms with Crippen molar-refractivity contribution in [1.82, 2.24) is 9.97 Å². The summed E-state index contributed by atoms with van der Waals surface area (Å²) in [5.74, 6) is 0.356. The first kappa shape index (κ1) is 11.5. The fraction of sp³-hybridized carbons (Fsp3) is 0.0667. The highest BCUT2D eigenvalue weighted by atomic mass is 16.1. The highest BCUT2D eigenvalue weighted by Crippen LogP contribution is 2.17. The molecule has 0 unspecified atom stereocenters. The van der Waals surface area contributed by atoms with Crippen molar-refractivity contribution < 1.29 is 4.79 Å². The number of carbonyl (C=O) groups is 1. The van der Waals surface area contributed by atoms with E-state index in [0.717, 1.165) is 16.5 Å². The number of H-pyrrole nitrogens is 1. The summed E-state index contributed by atoms with van der Waals surface area (Å²) in [6.07, 6.45) is 1.64. The predicted octanol–water partition coefficient (Wildman–Crippen LogP) is 3.12. The molecule has 1 amide bonds. The molecule has 0 atom stereocenters. The number of carbonyl (C=O) groups excluding carboxylic acids is 1. The Balaban J connectivity index is 1.89. The fourth-order valence-electron chi connectivity index (χ4n) is 1.98. The average molecular weight is 251 g/mol. The van der Waals surface area contributed by atoms with E-state index < -0.39 is 0 Å². The molecular weight excluding hydrogens is 238 g/mol. The standard InChI is InChI=1S/C15H13N3O/c1-10-5-6-11-9-13(17-12(11)8-10)15(19)18-14-4-2-3-7-16-14/h2-9,17H,1H3,(H,16,18,19). The molecule has 2 heterocycles. The summed E-state index contributed by atoms with van der Waals surface area (Å²) >= 11 is 0. The van der Waals surface area contributed by atoms with Crippen molar-refractivity contribution in [2.24, 2.45) is 0 Å². The number of aryl methyl sites for hydroxylation is 1. The SMILES string of the molecule is Cc1ccc2cc(C(=O)Nc3ccccn3)[nH]c2c1. The maximum absolute atomic E-state index is 12.1. The van der Waals surface area contributed by atoms with Gasteiger partial charge >= 0.3 is 0 Å². The van der Waals surface area contributed by atoms with Gasteiger partial charge in [-0.1, -0.05) is 18.2 Å². The Kier molecular flexibility index (Phi) is 2.76. The van der Waals surface area contributed by atoms with Gasteiger partial charge < -0.3 is 10.3 Å². The van der Waals surface area contributed by atoms with Crippen molar-refractivity contribution in [3.05, 3.63) is 59.9 Å². The highest BCUT2D eigenvalue weighted by molar-refractivity contribution is 6.05. The second kappa shape index (κ2) is 4.57. The first-order valence-electron chi connectivity index (χ1n) is 6.04. The number of fused-ring (bicyclic) bond motifs is 1. The van der Waals surface area contributed by atoms with Gasteiger partial charge in [0.05, 0.1) is 0 Å². The van der Waals surface area contributed by atoms with Crippen LogP contribution in [0.1, 0.15) is 16.1 Å². The van der Waals surface area contributed by atoms with Gasteiger partial charge in [0.1, 0.15) is 11.5 Å². The van der Waals surface area contributed by atoms with Gasteiger partial charge in [-0.3, -0.25) is 4.79 Å². The maximum atomic E-state index is 12.1. The third-order valence-corrected chi connectivity index (χ3v) is 2.93. The molecule has 2 N–H and O–H groups in total. The summed E-state index contributed by atoms with van der Waals surface area (Å²) in [4.78, 5) is 19.3. The van der Waals surface area contributed by atoms with Crippen molar-refractivity contribution in [3.63, 3.8) is 0 Å². The Labute approximate surface area is 110 Å². The minimum absolute atomic E-state index is 0.187. The number of nitrogens with one attached hydrogen (secondary N) is 2. The number of hydrogen-bond acceptors (Lipinski definition) is 2. The lowest BCUT2D eigenvalue weighted by Crippen LogP contribution is -2.12. The molecule has 0 aliphatic carbocycles. The average Bonchev–Trinajstić information content (AvgIpc) is 2.83. The predicted molar refractivity (Wildman–Crippen MR) is 75.2 cm³/mol. The molecular formula is C15H13N3O. The van der Waals surface area contributed by atoms with Gasteiger partial charge in [-0.05, 0) is 36.8 Å². The van der Waals surface area contributed by atoms with Crippen molar-refractivity contribution in [3.8, 4) is 0 Å². The van der Waals surface area contributed by atoms with E-state index in [1.165, 1.54) is 0 Å². The van der Waals surface area contributed by atoms with Crippen LogP contribution in [-0.4, -0.2) is 15.9 Å². The van der Waals surface area contributed by atoms with Crippen LogP contribution in [0, 0.1) is 6.92 Å². The molecule has 0 radical (unpaired) electrons. The van der Waals surface area contributed by atoms with Crippen molar-refractivity contribution >= 4 is 22.6 Å². The van der Waals surface area contributed by atoms with E-state index in [0.29, 0.717) is 11.5 Å². The van der Waals surface area contributed by atoms with Crippen LogP contribution < -0.4 is 5.32 Å². The Bertz CT molecular complexity index is 731. The van der Waals surface area contributed by atoms with Gasteiger partial charge in [0.25, 0.3) is 5.91 Å². The van der Waals surface area contributed by atoms with Gasteiger partial charge in [-0.2, -0.15) is 0 Å². The largest absolute Gasteiger partial charge is 0.351 e. The quantitative estimate of drug-likeness (QED) is 0.735. The normalized spacial score (nSPS) is 10.6. The molecule has 3 rings (SSSR count). The summed E-state index contributed by atoms with van der Waals surface area (Å²) < 4.78 is 0. The molecule has 0 fully saturated rings. The zero-order valence-corrected chi connectivity index (χ0v) is 10.5. The van der Waals surface area contributed by atoms with Gasteiger partial charge in [0, 0.05) is 17.1 Å². The van der Waals surface area contributed by atoms with Crippen LogP contribution in [0.4, 0.5) is 5.82 Å². The fourth-order valence-corrected chi connectivity index (χ4v) is 1.98. The van der Waals surface area contributed by atoms with Crippen molar-refractivity contribution in [1.29, 1.82) is 0 Å². The van der Waals surface area contributed by atoms with E-state index in [4.69, 9.17) is 0 Å². The van der Waals surface area contributed by atoms with E-state index in [-0.39, 0.29) is 5.91 Å². The minimum atomic E-state index is -0.187. The molecule has 0 aliphatic heterocycles. The third-order valence-electron chi connectivity index (χ3n) is 2.93. The van der Waals surface area contributed by atoms with Crippen molar-refractivity contribution in [2.45, 2.75) is 6.92 Å². The van der Waals surface area contributed by atoms with Crippen LogP contribution in [0.5, 0.6) is 0 Å². The number of hydrogen-bond donors (Lipinski definition) is 2. The number of benzene rings is 1. The monoisotopic (exact) mass is 251 g/mol. The second-order valence-electron chi connectivity index (χ2n) is 4.44. The smallest absolute Gasteiger partial charge is 0.273 e. The van der Waals surface area contributed by atoms with Crippen LogP contribution in [0.2, 0.25) is 0 Å². The molecule has 0 bridgehead atoms. The Morgan fingerprint density at radius 3 is 2.89 bits per heavy atom. The van der Waals surface area contributed by atoms with Gasteiger partial charge in [0.2, 0.25) is 0 Å². The van der Waals surface area contributed by atoms with Crippen LogP contribution in [-0.2, 0) is 0 Å². The topological polar surface area (TPSA) is 57.8 Å². The summed E-state index contributed by atoms with van der Waals surface area (Å²) in [7, 11) is 0. The molecule has 94 valence electrons. The molecule has 4 nitrogen and oxygen atoms in total. The van der Waals surface area contributed by atoms with E-state index >= 15 is 0 Å².